The number of imidazole rings is 1. The van der Waals surface area contributed by atoms with Crippen molar-refractivity contribution in [1.29, 1.82) is 0 Å². The van der Waals surface area contributed by atoms with Gasteiger partial charge < -0.3 is 20.5 Å². The first-order chi connectivity index (χ1) is 8.77. The van der Waals surface area contributed by atoms with Crippen molar-refractivity contribution in [3.63, 3.8) is 0 Å². The van der Waals surface area contributed by atoms with Gasteiger partial charge in [-0.3, -0.25) is 4.57 Å². The molecule has 1 heterocycles. The highest BCUT2D eigenvalue weighted by Crippen LogP contribution is 2.42. The summed E-state index contributed by atoms with van der Waals surface area (Å²) in [7, 11) is 1.62. The molecule has 1 atom stereocenters. The molecule has 0 aliphatic heterocycles. The standard InChI is InChI=1S/C11H16N4O4/c1-6-12-8(15(18)19)9(14(6)3)13-11(2,10(16)17)7-4-5-7/h7,13H,4-5H2,1-3H3,(H,16,17). The van der Waals surface area contributed by atoms with E-state index in [1.807, 2.05) is 0 Å². The Bertz CT molecular complexity index is 549. The average Bonchev–Trinajstić information content (AvgIpc) is 3.12. The van der Waals surface area contributed by atoms with E-state index in [9.17, 15) is 20.0 Å². The molecule has 8 heteroatoms. The maximum absolute atomic E-state index is 11.4. The number of carboxylic acids is 1. The predicted octanol–water partition coefficient (Wildman–Crippen LogP) is 1.30. The van der Waals surface area contributed by atoms with Crippen LogP contribution in [0.5, 0.6) is 0 Å². The van der Waals surface area contributed by atoms with Gasteiger partial charge in [0.2, 0.25) is 11.6 Å². The lowest BCUT2D eigenvalue weighted by molar-refractivity contribution is -0.388. The Kier molecular flexibility index (Phi) is 2.95. The van der Waals surface area contributed by atoms with Crippen molar-refractivity contribution in [3.05, 3.63) is 15.9 Å². The van der Waals surface area contributed by atoms with Gasteiger partial charge in [0.1, 0.15) is 5.54 Å². The molecule has 1 aromatic heterocycles. The molecule has 1 aliphatic rings. The van der Waals surface area contributed by atoms with Crippen molar-refractivity contribution in [3.8, 4) is 0 Å². The Labute approximate surface area is 109 Å². The number of nitrogens with zero attached hydrogens (tertiary/aromatic N) is 3. The SMILES string of the molecule is Cc1nc([N+](=O)[O-])c(NC(C)(C(=O)O)C2CC2)n1C. The monoisotopic (exact) mass is 268 g/mol. The van der Waals surface area contributed by atoms with Crippen LogP contribution in [0, 0.1) is 23.0 Å². The van der Waals surface area contributed by atoms with Crippen LogP contribution in [0.15, 0.2) is 0 Å². The lowest BCUT2D eigenvalue weighted by Gasteiger charge is -2.26. The topological polar surface area (TPSA) is 110 Å². The summed E-state index contributed by atoms with van der Waals surface area (Å²) < 4.78 is 1.50. The van der Waals surface area contributed by atoms with Crippen molar-refractivity contribution in [2.24, 2.45) is 13.0 Å². The van der Waals surface area contributed by atoms with Crippen LogP contribution < -0.4 is 5.32 Å². The van der Waals surface area contributed by atoms with Gasteiger partial charge in [0.25, 0.3) is 0 Å². The first kappa shape index (κ1) is 13.3. The molecule has 2 rings (SSSR count). The fourth-order valence-corrected chi connectivity index (χ4v) is 2.10. The van der Waals surface area contributed by atoms with E-state index in [-0.39, 0.29) is 17.6 Å². The van der Waals surface area contributed by atoms with E-state index >= 15 is 0 Å². The Morgan fingerprint density at radius 2 is 2.21 bits per heavy atom. The number of nitro groups is 1. The summed E-state index contributed by atoms with van der Waals surface area (Å²) in [4.78, 5) is 25.6. The molecule has 19 heavy (non-hydrogen) atoms. The molecule has 1 fully saturated rings. The van der Waals surface area contributed by atoms with Gasteiger partial charge in [0.15, 0.2) is 0 Å². The minimum absolute atomic E-state index is 0.0141. The van der Waals surface area contributed by atoms with Gasteiger partial charge in [-0.05, 0) is 35.6 Å². The zero-order valence-corrected chi connectivity index (χ0v) is 11.0. The third kappa shape index (κ3) is 2.13. The number of nitrogens with one attached hydrogen (secondary N) is 1. The summed E-state index contributed by atoms with van der Waals surface area (Å²) >= 11 is 0. The molecule has 1 aliphatic carbocycles. The van der Waals surface area contributed by atoms with Gasteiger partial charge in [-0.1, -0.05) is 0 Å². The number of hydrogen-bond acceptors (Lipinski definition) is 5. The summed E-state index contributed by atoms with van der Waals surface area (Å²) in [5.41, 5.74) is -1.20. The van der Waals surface area contributed by atoms with E-state index in [1.54, 1.807) is 20.9 Å². The molecule has 0 saturated heterocycles. The maximum Gasteiger partial charge on any atom is 0.406 e. The van der Waals surface area contributed by atoms with Crippen LogP contribution in [-0.4, -0.2) is 31.1 Å². The fourth-order valence-electron chi connectivity index (χ4n) is 2.10. The number of aryl methyl sites for hydroxylation is 1. The van der Waals surface area contributed by atoms with E-state index in [4.69, 9.17) is 0 Å². The van der Waals surface area contributed by atoms with E-state index in [0.717, 1.165) is 12.8 Å². The molecular formula is C11H16N4O4. The van der Waals surface area contributed by atoms with E-state index in [1.165, 1.54) is 4.57 Å². The maximum atomic E-state index is 11.4. The minimum atomic E-state index is -1.20. The van der Waals surface area contributed by atoms with Crippen molar-refractivity contribution in [2.75, 3.05) is 5.32 Å². The third-order valence-corrected chi connectivity index (χ3v) is 3.69. The highest BCUT2D eigenvalue weighted by atomic mass is 16.6. The molecule has 8 nitrogen and oxygen atoms in total. The summed E-state index contributed by atoms with van der Waals surface area (Å²) in [6.07, 6.45) is 1.61. The van der Waals surface area contributed by atoms with Crippen LogP contribution in [0.25, 0.3) is 0 Å². The number of aromatic nitrogens is 2. The first-order valence-corrected chi connectivity index (χ1v) is 5.96. The Morgan fingerprint density at radius 1 is 1.63 bits per heavy atom. The smallest absolute Gasteiger partial charge is 0.406 e. The second kappa shape index (κ2) is 4.22. The number of aliphatic carboxylic acids is 1. The second-order valence-electron chi connectivity index (χ2n) is 5.05. The van der Waals surface area contributed by atoms with Crippen LogP contribution in [0.1, 0.15) is 25.6 Å². The third-order valence-electron chi connectivity index (χ3n) is 3.69. The Hall–Kier alpha value is -2.12. The fraction of sp³-hybridized carbons (Fsp3) is 0.636. The zero-order valence-electron chi connectivity index (χ0n) is 11.0. The molecule has 0 bridgehead atoms. The molecule has 0 amide bonds. The van der Waals surface area contributed by atoms with Gasteiger partial charge in [0.05, 0.1) is 0 Å². The quantitative estimate of drug-likeness (QED) is 0.615. The van der Waals surface area contributed by atoms with Crippen LogP contribution >= 0.6 is 0 Å². The number of anilines is 1. The summed E-state index contributed by atoms with van der Waals surface area (Å²) in [5, 5.41) is 23.2. The lowest BCUT2D eigenvalue weighted by atomic mass is 9.96. The van der Waals surface area contributed by atoms with Gasteiger partial charge in [-0.2, -0.15) is 0 Å². The van der Waals surface area contributed by atoms with Crippen molar-refractivity contribution < 1.29 is 14.8 Å². The number of carboxylic acid groups (broad SMARTS) is 1. The van der Waals surface area contributed by atoms with Crippen molar-refractivity contribution in [1.82, 2.24) is 9.55 Å². The van der Waals surface area contributed by atoms with Gasteiger partial charge in [0, 0.05) is 14.0 Å². The summed E-state index contributed by atoms with van der Waals surface area (Å²) in [6, 6.07) is 0. The molecule has 1 unspecified atom stereocenters. The average molecular weight is 268 g/mol. The van der Waals surface area contributed by atoms with Gasteiger partial charge >= 0.3 is 11.8 Å². The zero-order chi connectivity index (χ0) is 14.4. The first-order valence-electron chi connectivity index (χ1n) is 5.96. The predicted molar refractivity (Wildman–Crippen MR) is 67.0 cm³/mol. The van der Waals surface area contributed by atoms with E-state index in [2.05, 4.69) is 10.3 Å². The molecule has 104 valence electrons. The molecule has 1 aromatic rings. The summed E-state index contributed by atoms with van der Waals surface area (Å²) in [6.45, 7) is 3.19. The normalized spacial score (nSPS) is 17.8. The molecule has 0 aromatic carbocycles. The van der Waals surface area contributed by atoms with Crippen molar-refractivity contribution >= 4 is 17.6 Å². The molecule has 0 spiro atoms. The van der Waals surface area contributed by atoms with Crippen LogP contribution in [0.4, 0.5) is 11.6 Å². The second-order valence-corrected chi connectivity index (χ2v) is 5.05. The number of hydrogen-bond donors (Lipinski definition) is 2. The van der Waals surface area contributed by atoms with Crippen LogP contribution in [0.3, 0.4) is 0 Å². The van der Waals surface area contributed by atoms with E-state index in [0.29, 0.717) is 5.82 Å². The highest BCUT2D eigenvalue weighted by molar-refractivity contribution is 5.83. The number of carbonyl (C=O) groups is 1. The molecule has 1 saturated carbocycles. The molecular weight excluding hydrogens is 252 g/mol. The van der Waals surface area contributed by atoms with Crippen LogP contribution in [0.2, 0.25) is 0 Å². The molecule has 2 N–H and O–H groups in total. The molecule has 0 radical (unpaired) electrons. The Morgan fingerprint density at radius 3 is 2.63 bits per heavy atom. The minimum Gasteiger partial charge on any atom is -0.480 e. The van der Waals surface area contributed by atoms with Crippen molar-refractivity contribution in [2.45, 2.75) is 32.2 Å². The van der Waals surface area contributed by atoms with E-state index < -0.39 is 16.4 Å². The summed E-state index contributed by atoms with van der Waals surface area (Å²) in [5.74, 6) is -0.770. The lowest BCUT2D eigenvalue weighted by Crippen LogP contribution is -2.46. The van der Waals surface area contributed by atoms with Gasteiger partial charge in [-0.25, -0.2) is 4.79 Å². The largest absolute Gasteiger partial charge is 0.480 e. The van der Waals surface area contributed by atoms with Gasteiger partial charge in [-0.15, -0.1) is 0 Å². The van der Waals surface area contributed by atoms with Crippen LogP contribution in [-0.2, 0) is 11.8 Å². The number of rotatable bonds is 5. The Balaban J connectivity index is 2.42. The highest BCUT2D eigenvalue weighted by Gasteiger charge is 2.49.